The Balaban J connectivity index is 1.98. The first kappa shape index (κ1) is 18.8. The number of barbiturate groups is 1. The van der Waals surface area contributed by atoms with Gasteiger partial charge in [-0.05, 0) is 71.2 Å². The van der Waals surface area contributed by atoms with Crippen molar-refractivity contribution in [1.29, 1.82) is 0 Å². The highest BCUT2D eigenvalue weighted by Crippen LogP contribution is 2.28. The Hall–Kier alpha value is -2.93. The molecule has 0 aliphatic carbocycles. The highest BCUT2D eigenvalue weighted by molar-refractivity contribution is 9.10. The van der Waals surface area contributed by atoms with Gasteiger partial charge in [0.25, 0.3) is 11.8 Å². The molecule has 0 radical (unpaired) electrons. The van der Waals surface area contributed by atoms with Crippen LogP contribution in [-0.4, -0.2) is 24.5 Å². The van der Waals surface area contributed by atoms with E-state index in [1.54, 1.807) is 36.4 Å². The van der Waals surface area contributed by atoms with E-state index in [0.29, 0.717) is 28.1 Å². The van der Waals surface area contributed by atoms with Gasteiger partial charge in [-0.3, -0.25) is 14.9 Å². The van der Waals surface area contributed by atoms with E-state index < -0.39 is 17.8 Å². The highest BCUT2D eigenvalue weighted by atomic mass is 79.9. The third kappa shape index (κ3) is 3.93. The zero-order valence-corrected chi connectivity index (χ0v) is 16.4. The smallest absolute Gasteiger partial charge is 0.335 e. The molecular formula is C20H17BrN2O4. The number of aryl methyl sites for hydroxylation is 1. The van der Waals surface area contributed by atoms with Crippen LogP contribution < -0.4 is 15.0 Å². The summed E-state index contributed by atoms with van der Waals surface area (Å²) in [6.45, 7) is 4.26. The third-order valence-corrected chi connectivity index (χ3v) is 4.55. The van der Waals surface area contributed by atoms with Crippen LogP contribution in [0.15, 0.2) is 52.5 Å². The maximum atomic E-state index is 12.9. The van der Waals surface area contributed by atoms with Crippen molar-refractivity contribution in [3.63, 3.8) is 0 Å². The van der Waals surface area contributed by atoms with Gasteiger partial charge < -0.3 is 4.74 Å². The lowest BCUT2D eigenvalue weighted by atomic mass is 10.1. The number of benzene rings is 2. The van der Waals surface area contributed by atoms with E-state index in [0.717, 1.165) is 10.5 Å². The molecule has 6 nitrogen and oxygen atoms in total. The van der Waals surface area contributed by atoms with E-state index in [2.05, 4.69) is 21.2 Å². The number of carbonyl (C=O) groups excluding carboxylic acids is 3. The molecule has 0 atom stereocenters. The van der Waals surface area contributed by atoms with Crippen molar-refractivity contribution in [2.45, 2.75) is 13.8 Å². The number of amides is 4. The lowest BCUT2D eigenvalue weighted by molar-refractivity contribution is -0.122. The summed E-state index contributed by atoms with van der Waals surface area (Å²) in [5, 5.41) is 2.22. The Kier molecular flexibility index (Phi) is 5.41. The number of urea groups is 1. The molecular weight excluding hydrogens is 412 g/mol. The average Bonchev–Trinajstić information content (AvgIpc) is 2.61. The van der Waals surface area contributed by atoms with Gasteiger partial charge in [-0.2, -0.15) is 0 Å². The van der Waals surface area contributed by atoms with E-state index in [1.165, 1.54) is 6.08 Å². The SMILES string of the molecule is CCOc1ccc(/C=C2\C(=O)NC(=O)N(c3cccc(C)c3)C2=O)cc1Br. The molecule has 1 fully saturated rings. The lowest BCUT2D eigenvalue weighted by Crippen LogP contribution is -2.54. The molecule has 2 aromatic rings. The van der Waals surface area contributed by atoms with Crippen molar-refractivity contribution in [3.8, 4) is 5.75 Å². The van der Waals surface area contributed by atoms with Gasteiger partial charge in [0.2, 0.25) is 0 Å². The molecule has 27 heavy (non-hydrogen) atoms. The van der Waals surface area contributed by atoms with Gasteiger partial charge >= 0.3 is 6.03 Å². The summed E-state index contributed by atoms with van der Waals surface area (Å²) in [4.78, 5) is 38.3. The van der Waals surface area contributed by atoms with Crippen molar-refractivity contribution in [2.24, 2.45) is 0 Å². The van der Waals surface area contributed by atoms with E-state index in [9.17, 15) is 14.4 Å². The Morgan fingerprint density at radius 3 is 2.59 bits per heavy atom. The number of imide groups is 2. The van der Waals surface area contributed by atoms with Crippen molar-refractivity contribution < 1.29 is 19.1 Å². The van der Waals surface area contributed by atoms with Crippen LogP contribution in [0.25, 0.3) is 6.08 Å². The standard InChI is InChI=1S/C20H17BrN2O4/c1-3-27-17-8-7-13(11-16(17)21)10-15-18(24)22-20(26)23(19(15)25)14-6-4-5-12(2)9-14/h4-11H,3H2,1-2H3,(H,22,24,26)/b15-10+. The minimum Gasteiger partial charge on any atom is -0.493 e. The number of ether oxygens (including phenoxy) is 1. The molecule has 0 unspecified atom stereocenters. The van der Waals surface area contributed by atoms with Crippen LogP contribution in [0.4, 0.5) is 10.5 Å². The average molecular weight is 429 g/mol. The molecule has 0 aromatic heterocycles. The molecule has 4 amide bonds. The molecule has 1 aliphatic heterocycles. The second-order valence-electron chi connectivity index (χ2n) is 5.92. The fraction of sp³-hybridized carbons (Fsp3) is 0.150. The first-order valence-corrected chi connectivity index (χ1v) is 9.10. The Bertz CT molecular complexity index is 968. The van der Waals surface area contributed by atoms with Crippen LogP contribution in [0.5, 0.6) is 5.75 Å². The second-order valence-corrected chi connectivity index (χ2v) is 6.77. The monoisotopic (exact) mass is 428 g/mol. The van der Waals surface area contributed by atoms with Crippen molar-refractivity contribution >= 4 is 45.5 Å². The number of anilines is 1. The van der Waals surface area contributed by atoms with E-state index in [1.807, 2.05) is 19.9 Å². The zero-order chi connectivity index (χ0) is 19.6. The summed E-state index contributed by atoms with van der Waals surface area (Å²) in [6, 6.07) is 11.4. The topological polar surface area (TPSA) is 75.7 Å². The molecule has 7 heteroatoms. The number of nitrogens with one attached hydrogen (secondary N) is 1. The largest absolute Gasteiger partial charge is 0.493 e. The Labute approximate surface area is 164 Å². The zero-order valence-electron chi connectivity index (χ0n) is 14.8. The van der Waals surface area contributed by atoms with Crippen LogP contribution in [-0.2, 0) is 9.59 Å². The van der Waals surface area contributed by atoms with Gasteiger partial charge in [0.15, 0.2) is 0 Å². The Morgan fingerprint density at radius 1 is 1.15 bits per heavy atom. The van der Waals surface area contributed by atoms with Crippen LogP contribution >= 0.6 is 15.9 Å². The fourth-order valence-electron chi connectivity index (χ4n) is 2.71. The fourth-order valence-corrected chi connectivity index (χ4v) is 3.22. The summed E-state index contributed by atoms with van der Waals surface area (Å²) >= 11 is 3.41. The molecule has 2 aromatic carbocycles. The van der Waals surface area contributed by atoms with Gasteiger partial charge in [0.05, 0.1) is 16.8 Å². The molecule has 138 valence electrons. The van der Waals surface area contributed by atoms with E-state index >= 15 is 0 Å². The molecule has 1 N–H and O–H groups in total. The maximum Gasteiger partial charge on any atom is 0.335 e. The number of rotatable bonds is 4. The van der Waals surface area contributed by atoms with Crippen molar-refractivity contribution in [1.82, 2.24) is 5.32 Å². The minimum atomic E-state index is -0.763. The Morgan fingerprint density at radius 2 is 1.93 bits per heavy atom. The quantitative estimate of drug-likeness (QED) is 0.592. The van der Waals surface area contributed by atoms with Crippen LogP contribution in [0.3, 0.4) is 0 Å². The van der Waals surface area contributed by atoms with Crippen LogP contribution in [0.1, 0.15) is 18.1 Å². The first-order valence-electron chi connectivity index (χ1n) is 8.31. The summed E-state index contributed by atoms with van der Waals surface area (Å²) in [5.41, 5.74) is 1.81. The number of hydrogen-bond acceptors (Lipinski definition) is 4. The van der Waals surface area contributed by atoms with E-state index in [-0.39, 0.29) is 5.57 Å². The molecule has 1 aliphatic rings. The number of nitrogens with zero attached hydrogens (tertiary/aromatic N) is 1. The maximum absolute atomic E-state index is 12.9. The van der Waals surface area contributed by atoms with Gasteiger partial charge in [0, 0.05) is 0 Å². The third-order valence-electron chi connectivity index (χ3n) is 3.93. The summed E-state index contributed by atoms with van der Waals surface area (Å²) in [6.07, 6.45) is 1.45. The van der Waals surface area contributed by atoms with Gasteiger partial charge in [-0.25, -0.2) is 9.69 Å². The predicted octanol–water partition coefficient (Wildman–Crippen LogP) is 3.82. The van der Waals surface area contributed by atoms with Crippen molar-refractivity contribution in [3.05, 3.63) is 63.6 Å². The second kappa shape index (κ2) is 7.75. The minimum absolute atomic E-state index is 0.118. The van der Waals surface area contributed by atoms with E-state index in [4.69, 9.17) is 4.74 Å². The number of halogens is 1. The summed E-state index contributed by atoms with van der Waals surface area (Å²) in [5.74, 6) is -0.728. The summed E-state index contributed by atoms with van der Waals surface area (Å²) < 4.78 is 6.16. The molecule has 0 saturated carbocycles. The number of carbonyl (C=O) groups is 3. The summed E-state index contributed by atoms with van der Waals surface area (Å²) in [7, 11) is 0. The number of hydrogen-bond donors (Lipinski definition) is 1. The molecule has 1 heterocycles. The van der Waals surface area contributed by atoms with Gasteiger partial charge in [0.1, 0.15) is 11.3 Å². The normalized spacial score (nSPS) is 15.9. The molecule has 3 rings (SSSR count). The predicted molar refractivity (Wildman–Crippen MR) is 105 cm³/mol. The van der Waals surface area contributed by atoms with Gasteiger partial charge in [-0.1, -0.05) is 18.2 Å². The van der Waals surface area contributed by atoms with Gasteiger partial charge in [-0.15, -0.1) is 0 Å². The van der Waals surface area contributed by atoms with Crippen molar-refractivity contribution in [2.75, 3.05) is 11.5 Å². The van der Waals surface area contributed by atoms with Crippen LogP contribution in [0.2, 0.25) is 0 Å². The first-order chi connectivity index (χ1) is 12.9. The molecule has 1 saturated heterocycles. The molecule has 0 bridgehead atoms. The highest BCUT2D eigenvalue weighted by Gasteiger charge is 2.36. The lowest BCUT2D eigenvalue weighted by Gasteiger charge is -2.26. The van der Waals surface area contributed by atoms with Crippen LogP contribution in [0, 0.1) is 6.92 Å². The molecule has 0 spiro atoms.